The monoisotopic (exact) mass is 717 g/mol. The van der Waals surface area contributed by atoms with Crippen LogP contribution in [0.15, 0.2) is 91.8 Å². The van der Waals surface area contributed by atoms with Gasteiger partial charge in [-0.2, -0.15) is 0 Å². The van der Waals surface area contributed by atoms with E-state index in [2.05, 4.69) is 60.8 Å². The number of benzene rings is 2. The van der Waals surface area contributed by atoms with Crippen molar-refractivity contribution in [3.05, 3.63) is 108 Å². The van der Waals surface area contributed by atoms with Crippen LogP contribution < -0.4 is 20.3 Å². The minimum absolute atomic E-state index is 0.0592. The number of carbonyl (C=O) groups is 1. The quantitative estimate of drug-likeness (QED) is 0.130. The summed E-state index contributed by atoms with van der Waals surface area (Å²) < 4.78 is 34.9. The van der Waals surface area contributed by atoms with Crippen LogP contribution >= 0.6 is 0 Å². The summed E-state index contributed by atoms with van der Waals surface area (Å²) in [6.07, 6.45) is 11.1. The van der Waals surface area contributed by atoms with E-state index in [0.717, 1.165) is 76.6 Å². The van der Waals surface area contributed by atoms with E-state index in [1.165, 1.54) is 5.56 Å². The van der Waals surface area contributed by atoms with Gasteiger partial charge in [0, 0.05) is 69.6 Å². The van der Waals surface area contributed by atoms with Crippen molar-refractivity contribution in [2.24, 2.45) is 0 Å². The zero-order valence-corrected chi connectivity index (χ0v) is 29.3. The van der Waals surface area contributed by atoms with Crippen LogP contribution in [0, 0.1) is 0 Å². The summed E-state index contributed by atoms with van der Waals surface area (Å²) in [6.45, 7) is 4.06. The zero-order chi connectivity index (χ0) is 36.2. The van der Waals surface area contributed by atoms with Gasteiger partial charge >= 0.3 is 0 Å². The van der Waals surface area contributed by atoms with Crippen molar-refractivity contribution in [3.63, 3.8) is 0 Å². The molecular weight excluding hydrogens is 676 g/mol. The lowest BCUT2D eigenvalue weighted by atomic mass is 9.98. The molecule has 4 aromatic heterocycles. The van der Waals surface area contributed by atoms with Crippen LogP contribution in [0.4, 0.5) is 20.3 Å². The molecule has 0 radical (unpaired) electrons. The Hall–Kier alpha value is -5.53. The van der Waals surface area contributed by atoms with E-state index in [1.54, 1.807) is 24.8 Å². The lowest BCUT2D eigenvalue weighted by Crippen LogP contribution is -2.27. The molecule has 53 heavy (non-hydrogen) atoms. The van der Waals surface area contributed by atoms with E-state index < -0.39 is 5.92 Å². The number of nitrogens with zero attached hydrogens (tertiary/aromatic N) is 7. The standard InChI is InChI=1S/C40H41F2N9O2/c41-40(42)12-18-49(26-40)16-4-20-53-31-6-1-5-29(22-31)32-7-2-8-35-33(32)11-17-51(35)38-37-34(47-27-48-38)21-28(24-46-37)23-43-13-3-14-45-39(52)30-9-10-36-44-15-19-50(36)25-30/h1-2,5-10,15,19,21-22,24-25,27,43H,3-4,11-14,16-18,20,23,26H2,(H,45,52). The average molecular weight is 718 g/mol. The first-order chi connectivity index (χ1) is 25.9. The molecule has 6 heterocycles. The summed E-state index contributed by atoms with van der Waals surface area (Å²) in [5.41, 5.74) is 8.50. The molecule has 2 aliphatic rings. The van der Waals surface area contributed by atoms with Crippen LogP contribution in [0.3, 0.4) is 0 Å². The Morgan fingerprint density at radius 3 is 2.79 bits per heavy atom. The third kappa shape index (κ3) is 7.81. The molecular formula is C40H41F2N9O2. The second-order valence-electron chi connectivity index (χ2n) is 13.6. The van der Waals surface area contributed by atoms with Crippen molar-refractivity contribution in [2.75, 3.05) is 50.8 Å². The highest BCUT2D eigenvalue weighted by atomic mass is 19.3. The van der Waals surface area contributed by atoms with Gasteiger partial charge in [-0.15, -0.1) is 0 Å². The number of hydrogen-bond acceptors (Lipinski definition) is 9. The Morgan fingerprint density at radius 2 is 1.89 bits per heavy atom. The Kier molecular flexibility index (Phi) is 9.92. The fourth-order valence-corrected chi connectivity index (χ4v) is 7.23. The smallest absolute Gasteiger partial charge is 0.261 e. The van der Waals surface area contributed by atoms with Crippen molar-refractivity contribution in [2.45, 2.75) is 38.2 Å². The zero-order valence-electron chi connectivity index (χ0n) is 29.3. The minimum atomic E-state index is -2.57. The maximum atomic E-state index is 13.5. The largest absolute Gasteiger partial charge is 0.494 e. The first kappa shape index (κ1) is 34.6. The van der Waals surface area contributed by atoms with E-state index in [9.17, 15) is 13.6 Å². The van der Waals surface area contributed by atoms with Crippen molar-refractivity contribution in [1.82, 2.24) is 39.9 Å². The fourth-order valence-electron chi connectivity index (χ4n) is 7.23. The highest BCUT2D eigenvalue weighted by Crippen LogP contribution is 2.41. The summed E-state index contributed by atoms with van der Waals surface area (Å²) in [4.78, 5) is 34.9. The van der Waals surface area contributed by atoms with Crippen LogP contribution in [0.2, 0.25) is 0 Å². The molecule has 2 aliphatic heterocycles. The Morgan fingerprint density at radius 1 is 0.962 bits per heavy atom. The fraction of sp³-hybridized carbons (Fsp3) is 0.325. The Bertz CT molecular complexity index is 2240. The van der Waals surface area contributed by atoms with Crippen LogP contribution in [0.25, 0.3) is 27.8 Å². The molecule has 1 amide bonds. The highest BCUT2D eigenvalue weighted by molar-refractivity contribution is 5.94. The van der Waals surface area contributed by atoms with E-state index in [0.29, 0.717) is 44.8 Å². The SMILES string of the molecule is O=C(NCCCNCc1cnc2c(N3CCc4c(-c5cccc(OCCCN6CCC(F)(F)C6)c5)cccc43)ncnc2c1)c1ccc2nccn2c1. The summed E-state index contributed by atoms with van der Waals surface area (Å²) in [5, 5.41) is 6.43. The number of rotatable bonds is 14. The number of fused-ring (bicyclic) bond motifs is 3. The third-order valence-electron chi connectivity index (χ3n) is 9.87. The van der Waals surface area contributed by atoms with Gasteiger partial charge in [0.25, 0.3) is 11.8 Å². The van der Waals surface area contributed by atoms with E-state index >= 15 is 0 Å². The number of halogens is 2. The summed E-state index contributed by atoms with van der Waals surface area (Å²) in [6, 6.07) is 20.1. The number of amides is 1. The molecule has 11 nitrogen and oxygen atoms in total. The van der Waals surface area contributed by atoms with Gasteiger partial charge in [-0.3, -0.25) is 14.7 Å². The second-order valence-corrected chi connectivity index (χ2v) is 13.6. The molecule has 0 bridgehead atoms. The van der Waals surface area contributed by atoms with Gasteiger partial charge in [0.1, 0.15) is 23.2 Å². The average Bonchev–Trinajstić information content (AvgIpc) is 3.92. The molecule has 0 aliphatic carbocycles. The number of aromatic nitrogens is 5. The van der Waals surface area contributed by atoms with Crippen molar-refractivity contribution in [1.29, 1.82) is 0 Å². The van der Waals surface area contributed by atoms with E-state index in [4.69, 9.17) is 9.72 Å². The lowest BCUT2D eigenvalue weighted by Gasteiger charge is -2.20. The third-order valence-corrected chi connectivity index (χ3v) is 9.87. The van der Waals surface area contributed by atoms with Gasteiger partial charge in [0.15, 0.2) is 5.82 Å². The molecule has 0 unspecified atom stereocenters. The molecule has 0 saturated carbocycles. The van der Waals surface area contributed by atoms with Gasteiger partial charge in [-0.25, -0.2) is 23.7 Å². The van der Waals surface area contributed by atoms with Crippen LogP contribution in [0.1, 0.15) is 40.7 Å². The Labute approximate surface area is 306 Å². The molecule has 13 heteroatoms. The molecule has 2 aromatic carbocycles. The minimum Gasteiger partial charge on any atom is -0.494 e. The van der Waals surface area contributed by atoms with E-state index in [-0.39, 0.29) is 18.9 Å². The van der Waals surface area contributed by atoms with Crippen LogP contribution in [-0.2, 0) is 13.0 Å². The number of anilines is 2. The Balaban J connectivity index is 0.863. The number of alkyl halides is 2. The summed E-state index contributed by atoms with van der Waals surface area (Å²) in [5.74, 6) is -1.12. The maximum Gasteiger partial charge on any atom is 0.261 e. The number of carbonyl (C=O) groups excluding carboxylic acids is 1. The van der Waals surface area contributed by atoms with Gasteiger partial charge in [0.2, 0.25) is 0 Å². The predicted octanol–water partition coefficient (Wildman–Crippen LogP) is 6.05. The highest BCUT2D eigenvalue weighted by Gasteiger charge is 2.37. The van der Waals surface area contributed by atoms with Crippen LogP contribution in [0.5, 0.6) is 5.75 Å². The van der Waals surface area contributed by atoms with Gasteiger partial charge < -0.3 is 24.7 Å². The molecule has 8 rings (SSSR count). The van der Waals surface area contributed by atoms with Gasteiger partial charge in [-0.1, -0.05) is 24.3 Å². The number of pyridine rings is 2. The molecule has 6 aromatic rings. The molecule has 0 spiro atoms. The summed E-state index contributed by atoms with van der Waals surface area (Å²) >= 11 is 0. The molecule has 1 saturated heterocycles. The molecule has 0 atom stereocenters. The van der Waals surface area contributed by atoms with Crippen molar-refractivity contribution >= 4 is 34.1 Å². The van der Waals surface area contributed by atoms with Crippen molar-refractivity contribution in [3.8, 4) is 16.9 Å². The second kappa shape index (κ2) is 15.2. The number of ether oxygens (including phenoxy) is 1. The summed E-state index contributed by atoms with van der Waals surface area (Å²) in [7, 11) is 0. The predicted molar refractivity (Wildman–Crippen MR) is 200 cm³/mol. The molecule has 2 N–H and O–H groups in total. The first-order valence-electron chi connectivity index (χ1n) is 18.1. The topological polar surface area (TPSA) is 113 Å². The number of likely N-dealkylation sites (tertiary alicyclic amines) is 1. The molecule has 1 fully saturated rings. The van der Waals surface area contributed by atoms with Crippen molar-refractivity contribution < 1.29 is 18.3 Å². The van der Waals surface area contributed by atoms with Gasteiger partial charge in [0.05, 0.1) is 24.2 Å². The normalized spacial score (nSPS) is 15.3. The lowest BCUT2D eigenvalue weighted by molar-refractivity contribution is 0.0118. The molecule has 272 valence electrons. The first-order valence-corrected chi connectivity index (χ1v) is 18.1. The van der Waals surface area contributed by atoms with E-state index in [1.807, 2.05) is 46.0 Å². The van der Waals surface area contributed by atoms with Crippen LogP contribution in [-0.4, -0.2) is 86.9 Å². The number of hydrogen-bond donors (Lipinski definition) is 2. The number of imidazole rings is 1. The number of nitrogens with one attached hydrogen (secondary N) is 2. The maximum absolute atomic E-state index is 13.5. The van der Waals surface area contributed by atoms with Gasteiger partial charge in [-0.05, 0) is 84.5 Å².